The van der Waals surface area contributed by atoms with Crippen molar-refractivity contribution in [2.24, 2.45) is 7.05 Å². The molecule has 2 aromatic rings. The van der Waals surface area contributed by atoms with Crippen molar-refractivity contribution in [3.05, 3.63) is 42.2 Å². The van der Waals surface area contributed by atoms with Gasteiger partial charge in [-0.2, -0.15) is 5.10 Å². The normalized spacial score (nSPS) is 11.0. The van der Waals surface area contributed by atoms with Gasteiger partial charge in [0.05, 0.1) is 17.8 Å². The zero-order chi connectivity index (χ0) is 13.0. The Bertz CT molecular complexity index is 586. The zero-order valence-corrected chi connectivity index (χ0v) is 10.5. The maximum atomic E-state index is 11.4. The minimum Gasteiger partial charge on any atom is -0.394 e. The highest BCUT2D eigenvalue weighted by Crippen LogP contribution is 2.16. The lowest BCUT2D eigenvalue weighted by atomic mass is 10.2. The summed E-state index contributed by atoms with van der Waals surface area (Å²) in [7, 11) is 3.64. The van der Waals surface area contributed by atoms with Crippen LogP contribution >= 0.6 is 0 Å². The first-order chi connectivity index (χ1) is 8.72. The first-order valence-electron chi connectivity index (χ1n) is 5.74. The lowest BCUT2D eigenvalue weighted by molar-refractivity contribution is -0.116. The predicted molar refractivity (Wildman–Crippen MR) is 70.8 cm³/mol. The smallest absolute Gasteiger partial charge is 0.245 e. The molecule has 0 aliphatic rings. The van der Waals surface area contributed by atoms with Gasteiger partial charge in [-0.05, 0) is 6.07 Å². The average Bonchev–Trinajstić information content (AvgIpc) is 2.71. The lowest BCUT2D eigenvalue weighted by Crippen LogP contribution is -2.21. The second-order valence-corrected chi connectivity index (χ2v) is 3.93. The van der Waals surface area contributed by atoms with Crippen LogP contribution in [0.2, 0.25) is 0 Å². The monoisotopic (exact) mass is 244 g/mol. The molecule has 0 fully saturated rings. The van der Waals surface area contributed by atoms with Gasteiger partial charge < -0.3 is 10.6 Å². The molecule has 2 N–H and O–H groups in total. The summed E-state index contributed by atoms with van der Waals surface area (Å²) in [6, 6.07) is 7.96. The van der Waals surface area contributed by atoms with Crippen LogP contribution in [0.15, 0.2) is 36.5 Å². The molecule has 18 heavy (non-hydrogen) atoms. The van der Waals surface area contributed by atoms with E-state index in [1.165, 1.54) is 6.08 Å². The molecule has 0 saturated carbocycles. The Hall–Kier alpha value is -2.30. The summed E-state index contributed by atoms with van der Waals surface area (Å²) in [5.41, 5.74) is 1.94. The number of hydrogen-bond acceptors (Lipinski definition) is 3. The van der Waals surface area contributed by atoms with Crippen molar-refractivity contribution in [1.82, 2.24) is 20.4 Å². The number of aryl methyl sites for hydroxylation is 1. The van der Waals surface area contributed by atoms with Crippen molar-refractivity contribution in [3.8, 4) is 0 Å². The van der Waals surface area contributed by atoms with Gasteiger partial charge in [-0.25, -0.2) is 0 Å². The number of carbonyl (C=O) groups is 1. The van der Waals surface area contributed by atoms with Crippen LogP contribution in [0.1, 0.15) is 5.69 Å². The molecule has 0 unspecified atom stereocenters. The molecule has 1 heterocycles. The molecular weight excluding hydrogens is 228 g/mol. The summed E-state index contributed by atoms with van der Waals surface area (Å²) in [5.74, 6) is -0.140. The van der Waals surface area contributed by atoms with Crippen LogP contribution < -0.4 is 10.6 Å². The summed E-state index contributed by atoms with van der Waals surface area (Å²) < 4.78 is 1.82. The maximum absolute atomic E-state index is 11.4. The largest absolute Gasteiger partial charge is 0.394 e. The van der Waals surface area contributed by atoms with Crippen LogP contribution in [0.3, 0.4) is 0 Å². The van der Waals surface area contributed by atoms with Gasteiger partial charge in [-0.3, -0.25) is 9.48 Å². The molecule has 0 radical (unpaired) electrons. The number of aromatic nitrogens is 2. The third kappa shape index (κ3) is 2.51. The summed E-state index contributed by atoms with van der Waals surface area (Å²) in [6.07, 6.45) is 3.04. The van der Waals surface area contributed by atoms with Gasteiger partial charge in [0.2, 0.25) is 5.91 Å². The molecule has 5 nitrogen and oxygen atoms in total. The quantitative estimate of drug-likeness (QED) is 0.786. The van der Waals surface area contributed by atoms with Crippen LogP contribution in [0.5, 0.6) is 0 Å². The van der Waals surface area contributed by atoms with E-state index in [4.69, 9.17) is 0 Å². The molecule has 0 bridgehead atoms. The first-order valence-corrected chi connectivity index (χ1v) is 5.74. The van der Waals surface area contributed by atoms with Gasteiger partial charge in [0.15, 0.2) is 0 Å². The van der Waals surface area contributed by atoms with E-state index in [1.54, 1.807) is 13.2 Å². The van der Waals surface area contributed by atoms with E-state index in [0.717, 1.165) is 16.6 Å². The van der Waals surface area contributed by atoms with Gasteiger partial charge in [-0.1, -0.05) is 18.2 Å². The summed E-state index contributed by atoms with van der Waals surface area (Å²) in [4.78, 5) is 11.4. The van der Waals surface area contributed by atoms with Crippen LogP contribution in [-0.2, 0) is 18.4 Å². The molecule has 0 aliphatic carbocycles. The van der Waals surface area contributed by atoms with E-state index in [0.29, 0.717) is 6.54 Å². The fourth-order valence-electron chi connectivity index (χ4n) is 1.81. The van der Waals surface area contributed by atoms with E-state index in [9.17, 15) is 4.79 Å². The molecule has 5 heteroatoms. The summed E-state index contributed by atoms with van der Waals surface area (Å²) in [5, 5.41) is 11.0. The Balaban J connectivity index is 2.13. The van der Waals surface area contributed by atoms with Crippen LogP contribution in [0, 0.1) is 0 Å². The molecule has 94 valence electrons. The van der Waals surface area contributed by atoms with E-state index in [1.807, 2.05) is 36.0 Å². The van der Waals surface area contributed by atoms with Crippen molar-refractivity contribution < 1.29 is 4.79 Å². The van der Waals surface area contributed by atoms with E-state index >= 15 is 0 Å². The number of hydrogen-bond donors (Lipinski definition) is 2. The van der Waals surface area contributed by atoms with Gasteiger partial charge in [0.1, 0.15) is 0 Å². The topological polar surface area (TPSA) is 59.0 Å². The highest BCUT2D eigenvalue weighted by molar-refractivity contribution is 5.88. The predicted octanol–water partition coefficient (Wildman–Crippen LogP) is 0.923. The van der Waals surface area contributed by atoms with Gasteiger partial charge in [0.25, 0.3) is 0 Å². The Labute approximate surface area is 105 Å². The average molecular weight is 244 g/mol. The fourth-order valence-corrected chi connectivity index (χ4v) is 1.81. The van der Waals surface area contributed by atoms with Gasteiger partial charge in [-0.15, -0.1) is 0 Å². The molecule has 2 rings (SSSR count). The standard InChI is InChI=1S/C13H16N4O/c1-14-8-7-13(18)15-9-11-10-5-3-4-6-12(10)17(2)16-11/h3-8,14H,9H2,1-2H3,(H,15,18)/b8-7-. The second kappa shape index (κ2) is 5.35. The summed E-state index contributed by atoms with van der Waals surface area (Å²) in [6.45, 7) is 0.425. The van der Waals surface area contributed by atoms with Gasteiger partial charge >= 0.3 is 0 Å². The molecule has 0 aliphatic heterocycles. The summed E-state index contributed by atoms with van der Waals surface area (Å²) >= 11 is 0. The zero-order valence-electron chi connectivity index (χ0n) is 10.5. The van der Waals surface area contributed by atoms with E-state index in [2.05, 4.69) is 15.7 Å². The van der Waals surface area contributed by atoms with E-state index in [-0.39, 0.29) is 5.91 Å². The number of benzene rings is 1. The highest BCUT2D eigenvalue weighted by atomic mass is 16.1. The fraction of sp³-hybridized carbons (Fsp3) is 0.231. The number of rotatable bonds is 4. The van der Waals surface area contributed by atoms with Crippen LogP contribution in [0.25, 0.3) is 10.9 Å². The molecule has 1 aromatic carbocycles. The van der Waals surface area contributed by atoms with Crippen molar-refractivity contribution in [2.45, 2.75) is 6.54 Å². The van der Waals surface area contributed by atoms with Gasteiger partial charge in [0, 0.05) is 31.8 Å². The number of para-hydroxylation sites is 1. The van der Waals surface area contributed by atoms with Crippen LogP contribution in [-0.4, -0.2) is 22.7 Å². The number of carbonyl (C=O) groups excluding carboxylic acids is 1. The van der Waals surface area contributed by atoms with Crippen LogP contribution in [0.4, 0.5) is 0 Å². The van der Waals surface area contributed by atoms with Crippen molar-refractivity contribution in [2.75, 3.05) is 7.05 Å². The third-order valence-corrected chi connectivity index (χ3v) is 2.67. The maximum Gasteiger partial charge on any atom is 0.245 e. The molecule has 1 aromatic heterocycles. The minimum absolute atomic E-state index is 0.140. The SMILES string of the molecule is CN/C=C\C(=O)NCc1nn(C)c2ccccc12. The van der Waals surface area contributed by atoms with E-state index < -0.39 is 0 Å². The Morgan fingerprint density at radius 1 is 1.44 bits per heavy atom. The minimum atomic E-state index is -0.140. The molecular formula is C13H16N4O. The Morgan fingerprint density at radius 2 is 2.22 bits per heavy atom. The van der Waals surface area contributed by atoms with Crippen molar-refractivity contribution in [3.63, 3.8) is 0 Å². The molecule has 0 saturated heterocycles. The number of fused-ring (bicyclic) bond motifs is 1. The molecule has 0 spiro atoms. The lowest BCUT2D eigenvalue weighted by Gasteiger charge is -1.99. The second-order valence-electron chi connectivity index (χ2n) is 3.93. The highest BCUT2D eigenvalue weighted by Gasteiger charge is 2.07. The third-order valence-electron chi connectivity index (χ3n) is 2.67. The molecule has 0 atom stereocenters. The first kappa shape index (κ1) is 12.2. The number of amides is 1. The Kier molecular flexibility index (Phi) is 3.62. The van der Waals surface area contributed by atoms with Crippen molar-refractivity contribution in [1.29, 1.82) is 0 Å². The molecule has 1 amide bonds. The Morgan fingerprint density at radius 3 is 3.00 bits per heavy atom. The number of nitrogens with one attached hydrogen (secondary N) is 2. The van der Waals surface area contributed by atoms with Crippen molar-refractivity contribution >= 4 is 16.8 Å². The number of nitrogens with zero attached hydrogens (tertiary/aromatic N) is 2.